The third-order valence-corrected chi connectivity index (χ3v) is 6.76. The third-order valence-electron chi connectivity index (χ3n) is 6.22. The Hall–Kier alpha value is -2.85. The number of carbonyl (C=O) groups excluding carboxylic acids is 2. The minimum atomic E-state index is -0.754. The minimum Gasteiger partial charge on any atom is -0.484 e. The molecule has 0 bridgehead atoms. The first-order chi connectivity index (χ1) is 17.7. The van der Waals surface area contributed by atoms with Crippen molar-refractivity contribution in [3.05, 3.63) is 70.1 Å². The molecule has 1 fully saturated rings. The van der Waals surface area contributed by atoms with Crippen LogP contribution in [0.15, 0.2) is 48.7 Å². The van der Waals surface area contributed by atoms with E-state index in [1.54, 1.807) is 12.1 Å². The van der Waals surface area contributed by atoms with Crippen LogP contribution >= 0.6 is 23.2 Å². The van der Waals surface area contributed by atoms with Crippen molar-refractivity contribution in [2.45, 2.75) is 50.0 Å². The van der Waals surface area contributed by atoms with Gasteiger partial charge < -0.3 is 30.5 Å². The lowest BCUT2D eigenvalue weighted by atomic mass is 9.86. The summed E-state index contributed by atoms with van der Waals surface area (Å²) >= 11 is 11.8. The zero-order chi connectivity index (χ0) is 26.5. The number of benzene rings is 2. The fourth-order valence-corrected chi connectivity index (χ4v) is 4.50. The number of aliphatic hydroxyl groups is 1. The summed E-state index contributed by atoms with van der Waals surface area (Å²) in [6, 6.07) is 9.19. The zero-order valence-corrected chi connectivity index (χ0v) is 21.4. The van der Waals surface area contributed by atoms with Gasteiger partial charge in [-0.1, -0.05) is 29.8 Å². The van der Waals surface area contributed by atoms with Crippen molar-refractivity contribution in [2.24, 2.45) is 0 Å². The summed E-state index contributed by atoms with van der Waals surface area (Å²) in [7, 11) is 0. The molecule has 0 radical (unpaired) electrons. The van der Waals surface area contributed by atoms with E-state index in [9.17, 15) is 19.1 Å². The van der Waals surface area contributed by atoms with Gasteiger partial charge in [0.25, 0.3) is 11.8 Å². The minimum absolute atomic E-state index is 0.0328. The number of carbonyl (C=O) groups is 2. The molecule has 2 amide bonds. The highest BCUT2D eigenvalue weighted by molar-refractivity contribution is 6.31. The smallest absolute Gasteiger partial charge is 0.265 e. The molecular weight excluding hydrogens is 524 g/mol. The number of fused-ring (bicyclic) bond motifs is 1. The van der Waals surface area contributed by atoms with E-state index < -0.39 is 17.8 Å². The van der Waals surface area contributed by atoms with Crippen LogP contribution < -0.4 is 25.4 Å². The van der Waals surface area contributed by atoms with Crippen molar-refractivity contribution in [3.63, 3.8) is 0 Å². The van der Waals surface area contributed by atoms with Crippen molar-refractivity contribution >= 4 is 35.0 Å². The van der Waals surface area contributed by atoms with Gasteiger partial charge in [-0.2, -0.15) is 0 Å². The van der Waals surface area contributed by atoms with E-state index in [0.29, 0.717) is 42.2 Å². The number of aliphatic hydroxyl groups excluding tert-OH is 1. The van der Waals surface area contributed by atoms with Gasteiger partial charge in [-0.05, 0) is 43.2 Å². The number of hydrogen-bond acceptors (Lipinski definition) is 6. The Morgan fingerprint density at radius 3 is 2.68 bits per heavy atom. The van der Waals surface area contributed by atoms with Gasteiger partial charge in [-0.3, -0.25) is 9.59 Å². The number of ether oxygens (including phenoxy) is 2. The van der Waals surface area contributed by atoms with Crippen molar-refractivity contribution in [3.8, 4) is 11.5 Å². The summed E-state index contributed by atoms with van der Waals surface area (Å²) in [5.74, 6) is -0.622. The topological polar surface area (TPSA) is 109 Å². The zero-order valence-electron chi connectivity index (χ0n) is 19.9. The lowest BCUT2D eigenvalue weighted by Gasteiger charge is -2.39. The summed E-state index contributed by atoms with van der Waals surface area (Å²) in [5.41, 5.74) is 1.30. The first-order valence-corrected chi connectivity index (χ1v) is 12.7. The molecule has 2 aromatic carbocycles. The highest BCUT2D eigenvalue weighted by atomic mass is 35.5. The number of rotatable bonds is 10. The van der Waals surface area contributed by atoms with Gasteiger partial charge in [0, 0.05) is 53.8 Å². The van der Waals surface area contributed by atoms with Crippen molar-refractivity contribution in [1.82, 2.24) is 16.0 Å². The van der Waals surface area contributed by atoms with Gasteiger partial charge in [0.15, 0.2) is 12.7 Å². The average Bonchev–Trinajstić information content (AvgIpc) is 2.83. The molecule has 37 heavy (non-hydrogen) atoms. The fraction of sp³-hybridized carbons (Fsp3) is 0.385. The van der Waals surface area contributed by atoms with E-state index in [1.807, 2.05) is 6.07 Å². The van der Waals surface area contributed by atoms with Crippen LogP contribution in [0.25, 0.3) is 0 Å². The van der Waals surface area contributed by atoms with Gasteiger partial charge >= 0.3 is 0 Å². The lowest BCUT2D eigenvalue weighted by Crippen LogP contribution is -2.49. The molecule has 0 aromatic heterocycles. The van der Waals surface area contributed by atoms with Crippen molar-refractivity contribution in [1.29, 1.82) is 0 Å². The largest absolute Gasteiger partial charge is 0.484 e. The lowest BCUT2D eigenvalue weighted by molar-refractivity contribution is -0.128. The van der Waals surface area contributed by atoms with E-state index in [2.05, 4.69) is 22.5 Å². The van der Waals surface area contributed by atoms with Gasteiger partial charge in [0.05, 0.1) is 11.1 Å². The van der Waals surface area contributed by atoms with E-state index in [4.69, 9.17) is 32.7 Å². The molecule has 1 aliphatic carbocycles. The highest BCUT2D eigenvalue weighted by Crippen LogP contribution is 2.38. The molecule has 2 aromatic rings. The van der Waals surface area contributed by atoms with Crippen LogP contribution in [0.4, 0.5) is 4.39 Å². The van der Waals surface area contributed by atoms with Crippen LogP contribution in [-0.2, 0) is 9.59 Å². The van der Waals surface area contributed by atoms with Crippen LogP contribution in [0.2, 0.25) is 10.0 Å². The molecule has 198 valence electrons. The predicted octanol–water partition coefficient (Wildman–Crippen LogP) is 3.65. The first-order valence-electron chi connectivity index (χ1n) is 11.9. The maximum atomic E-state index is 13.4. The molecular formula is C26H28Cl2FN3O5. The summed E-state index contributed by atoms with van der Waals surface area (Å²) < 4.78 is 24.6. The van der Waals surface area contributed by atoms with Gasteiger partial charge in [0.2, 0.25) is 0 Å². The van der Waals surface area contributed by atoms with E-state index >= 15 is 0 Å². The average molecular weight is 552 g/mol. The van der Waals surface area contributed by atoms with Crippen LogP contribution in [0.1, 0.15) is 37.3 Å². The molecule has 11 heteroatoms. The Labute approximate surface area is 224 Å². The molecule has 1 saturated carbocycles. The summed E-state index contributed by atoms with van der Waals surface area (Å²) in [6.45, 7) is 3.79. The van der Waals surface area contributed by atoms with E-state index in [0.717, 1.165) is 11.6 Å². The molecule has 1 aliphatic heterocycles. The summed E-state index contributed by atoms with van der Waals surface area (Å²) in [6.07, 6.45) is 0.955. The molecule has 2 atom stereocenters. The maximum Gasteiger partial charge on any atom is 0.265 e. The second-order valence-electron chi connectivity index (χ2n) is 9.12. The first kappa shape index (κ1) is 27.2. The summed E-state index contributed by atoms with van der Waals surface area (Å²) in [5, 5.41) is 19.1. The quantitative estimate of drug-likeness (QED) is 0.359. The highest BCUT2D eigenvalue weighted by Gasteiger charge is 2.36. The van der Waals surface area contributed by atoms with Crippen LogP contribution in [0, 0.1) is 5.82 Å². The van der Waals surface area contributed by atoms with E-state index in [-0.39, 0.29) is 48.0 Å². The Morgan fingerprint density at radius 2 is 1.95 bits per heavy atom. The predicted molar refractivity (Wildman–Crippen MR) is 137 cm³/mol. The molecule has 0 unspecified atom stereocenters. The van der Waals surface area contributed by atoms with Crippen LogP contribution in [0.3, 0.4) is 0 Å². The molecule has 4 rings (SSSR count). The van der Waals surface area contributed by atoms with Crippen LogP contribution in [-0.4, -0.2) is 48.3 Å². The molecule has 8 nitrogen and oxygen atoms in total. The SMILES string of the molecule is C=C(CCNC(=O)COc1ccc(Cl)c(F)c1)NC(=O)[C@@H]1C[C@@H](N[C@H]2C[C@@H](O)C2)c2cc(Cl)ccc2O1. The Morgan fingerprint density at radius 1 is 1.16 bits per heavy atom. The van der Waals surface area contributed by atoms with E-state index in [1.165, 1.54) is 12.1 Å². The van der Waals surface area contributed by atoms with Crippen LogP contribution in [0.5, 0.6) is 11.5 Å². The second-order valence-corrected chi connectivity index (χ2v) is 9.97. The Kier molecular flexibility index (Phi) is 8.91. The third kappa shape index (κ3) is 7.35. The number of halogens is 3. The molecule has 0 saturated heterocycles. The fourth-order valence-electron chi connectivity index (χ4n) is 4.20. The number of amides is 2. The standard InChI is InChI=1S/C26H28Cl2FN3O5/c1-14(6-7-30-25(34)13-36-18-3-4-20(28)21(29)11-18)31-26(35)24-12-22(32-16-9-17(33)10-16)19-8-15(27)2-5-23(19)37-24/h2-5,8,11,16-17,22,24,32-33H,1,6-7,9-10,12-13H2,(H,30,34)(H,31,35)/t16-,17+,22-,24+/m1/s1. The molecule has 1 heterocycles. The van der Waals surface area contributed by atoms with Crippen molar-refractivity contribution < 1.29 is 28.6 Å². The molecule has 4 N–H and O–H groups in total. The normalized spacial score (nSPS) is 22.2. The number of hydrogen-bond donors (Lipinski definition) is 4. The second kappa shape index (κ2) is 12.1. The molecule has 0 spiro atoms. The Balaban J connectivity index is 1.23. The van der Waals surface area contributed by atoms with Gasteiger partial charge in [-0.25, -0.2) is 4.39 Å². The van der Waals surface area contributed by atoms with Gasteiger partial charge in [0.1, 0.15) is 17.3 Å². The monoisotopic (exact) mass is 551 g/mol. The van der Waals surface area contributed by atoms with Crippen molar-refractivity contribution in [2.75, 3.05) is 13.2 Å². The number of nitrogens with one attached hydrogen (secondary N) is 3. The Bertz CT molecular complexity index is 1170. The van der Waals surface area contributed by atoms with Gasteiger partial charge in [-0.15, -0.1) is 0 Å². The summed E-state index contributed by atoms with van der Waals surface area (Å²) in [4.78, 5) is 24.9. The maximum absolute atomic E-state index is 13.4. The molecule has 2 aliphatic rings.